The number of nitrogens with two attached hydrogens (primary N) is 2. The van der Waals surface area contributed by atoms with E-state index in [0.29, 0.717) is 12.1 Å². The molecule has 0 spiro atoms. The minimum atomic E-state index is -0.394. The van der Waals surface area contributed by atoms with Crippen molar-refractivity contribution in [1.82, 2.24) is 0 Å². The fourth-order valence-corrected chi connectivity index (χ4v) is 1.00. The number of hydrogen-bond donors (Lipinski definition) is 2. The van der Waals surface area contributed by atoms with E-state index >= 15 is 0 Å². The van der Waals surface area contributed by atoms with Crippen LogP contribution in [0.4, 0.5) is 0 Å². The number of primary amides is 1. The Morgan fingerprint density at radius 3 is 2.15 bits per heavy atom. The third-order valence-electron chi connectivity index (χ3n) is 1.67. The van der Waals surface area contributed by atoms with E-state index in [1.807, 2.05) is 12.1 Å². The predicted octanol–water partition coefficient (Wildman–Crippen LogP) is 0.709. The van der Waals surface area contributed by atoms with E-state index in [1.165, 1.54) is 0 Å². The third-order valence-corrected chi connectivity index (χ3v) is 1.67. The van der Waals surface area contributed by atoms with Gasteiger partial charge in [0.05, 0.1) is 0 Å². The van der Waals surface area contributed by atoms with Crippen LogP contribution in [0.1, 0.15) is 15.9 Å². The molecule has 1 aromatic carbocycles. The second-order valence-corrected chi connectivity index (χ2v) is 2.60. The van der Waals surface area contributed by atoms with E-state index < -0.39 is 5.91 Å². The molecule has 72 valence electrons. The normalized spacial score (nSPS) is 9.00. The Morgan fingerprint density at radius 2 is 1.77 bits per heavy atom. The van der Waals surface area contributed by atoms with Crippen molar-refractivity contribution >= 4 is 18.3 Å². The standard InChI is InChI=1S/C9H12N2O.ClH/c10-6-5-7-1-3-8(4-2-7)9(11)12;/h1-4H,5-6,10H2,(H2,11,12);1H. The summed E-state index contributed by atoms with van der Waals surface area (Å²) in [4.78, 5) is 10.7. The summed E-state index contributed by atoms with van der Waals surface area (Å²) in [5.41, 5.74) is 12.1. The van der Waals surface area contributed by atoms with Crippen LogP contribution in [0.15, 0.2) is 24.3 Å². The molecule has 0 saturated carbocycles. The van der Waals surface area contributed by atoms with Crippen LogP contribution in [0.5, 0.6) is 0 Å². The largest absolute Gasteiger partial charge is 0.366 e. The lowest BCUT2D eigenvalue weighted by molar-refractivity contribution is 0.100. The van der Waals surface area contributed by atoms with Crippen molar-refractivity contribution in [3.8, 4) is 0 Å². The molecule has 0 aliphatic carbocycles. The summed E-state index contributed by atoms with van der Waals surface area (Å²) < 4.78 is 0. The molecule has 1 aromatic rings. The molecule has 0 aromatic heterocycles. The van der Waals surface area contributed by atoms with Crippen molar-refractivity contribution in [2.45, 2.75) is 6.42 Å². The topological polar surface area (TPSA) is 69.1 Å². The fraction of sp³-hybridized carbons (Fsp3) is 0.222. The molecular weight excluding hydrogens is 188 g/mol. The molecule has 1 rings (SSSR count). The zero-order valence-corrected chi connectivity index (χ0v) is 8.01. The van der Waals surface area contributed by atoms with Gasteiger partial charge in [0.25, 0.3) is 0 Å². The summed E-state index contributed by atoms with van der Waals surface area (Å²) >= 11 is 0. The molecular formula is C9H13ClN2O. The summed E-state index contributed by atoms with van der Waals surface area (Å²) in [5, 5.41) is 0. The highest BCUT2D eigenvalue weighted by Crippen LogP contribution is 2.03. The molecule has 1 amide bonds. The van der Waals surface area contributed by atoms with Crippen LogP contribution in [0.2, 0.25) is 0 Å². The number of carbonyl (C=O) groups excluding carboxylic acids is 1. The third kappa shape index (κ3) is 3.44. The highest BCUT2D eigenvalue weighted by Gasteiger charge is 1.98. The summed E-state index contributed by atoms with van der Waals surface area (Å²) in [6.45, 7) is 0.621. The Hall–Kier alpha value is -1.06. The van der Waals surface area contributed by atoms with Gasteiger partial charge in [-0.3, -0.25) is 4.79 Å². The lowest BCUT2D eigenvalue weighted by Crippen LogP contribution is -2.10. The predicted molar refractivity (Wildman–Crippen MR) is 55.0 cm³/mol. The lowest BCUT2D eigenvalue weighted by atomic mass is 10.1. The van der Waals surface area contributed by atoms with Gasteiger partial charge >= 0.3 is 0 Å². The van der Waals surface area contributed by atoms with Crippen molar-refractivity contribution < 1.29 is 4.79 Å². The van der Waals surface area contributed by atoms with Crippen LogP contribution < -0.4 is 11.5 Å². The summed E-state index contributed by atoms with van der Waals surface area (Å²) in [5.74, 6) is -0.394. The van der Waals surface area contributed by atoms with Crippen LogP contribution in [0.25, 0.3) is 0 Å². The summed E-state index contributed by atoms with van der Waals surface area (Å²) in [6.07, 6.45) is 0.832. The van der Waals surface area contributed by atoms with E-state index in [1.54, 1.807) is 12.1 Å². The number of amides is 1. The minimum absolute atomic E-state index is 0. The number of carbonyl (C=O) groups is 1. The molecule has 0 unspecified atom stereocenters. The van der Waals surface area contributed by atoms with Gasteiger partial charge in [-0.2, -0.15) is 0 Å². The lowest BCUT2D eigenvalue weighted by Gasteiger charge is -1.98. The summed E-state index contributed by atoms with van der Waals surface area (Å²) in [6, 6.07) is 7.17. The molecule has 0 aliphatic heterocycles. The molecule has 0 fully saturated rings. The highest BCUT2D eigenvalue weighted by molar-refractivity contribution is 5.92. The van der Waals surface area contributed by atoms with E-state index in [2.05, 4.69) is 0 Å². The van der Waals surface area contributed by atoms with Gasteiger partial charge in [-0.15, -0.1) is 12.4 Å². The fourth-order valence-electron chi connectivity index (χ4n) is 1.00. The van der Waals surface area contributed by atoms with E-state index in [4.69, 9.17) is 11.5 Å². The maximum atomic E-state index is 10.7. The second kappa shape index (κ2) is 5.56. The smallest absolute Gasteiger partial charge is 0.248 e. The molecule has 0 atom stereocenters. The number of hydrogen-bond acceptors (Lipinski definition) is 2. The SMILES string of the molecule is Cl.NCCc1ccc(C(N)=O)cc1. The zero-order chi connectivity index (χ0) is 8.97. The molecule has 0 aliphatic rings. The number of benzene rings is 1. The van der Waals surface area contributed by atoms with Crippen LogP contribution >= 0.6 is 12.4 Å². The molecule has 0 bridgehead atoms. The van der Waals surface area contributed by atoms with Gasteiger partial charge in [0, 0.05) is 5.56 Å². The first-order valence-corrected chi connectivity index (χ1v) is 3.83. The maximum Gasteiger partial charge on any atom is 0.248 e. The van der Waals surface area contributed by atoms with Gasteiger partial charge in [0.15, 0.2) is 0 Å². The molecule has 0 saturated heterocycles. The molecule has 3 nitrogen and oxygen atoms in total. The first-order chi connectivity index (χ1) is 5.74. The zero-order valence-electron chi connectivity index (χ0n) is 7.19. The molecule has 4 N–H and O–H groups in total. The summed E-state index contributed by atoms with van der Waals surface area (Å²) in [7, 11) is 0. The van der Waals surface area contributed by atoms with Gasteiger partial charge in [-0.05, 0) is 30.7 Å². The van der Waals surface area contributed by atoms with Crippen molar-refractivity contribution in [3.05, 3.63) is 35.4 Å². The Morgan fingerprint density at radius 1 is 1.23 bits per heavy atom. The molecule has 0 radical (unpaired) electrons. The van der Waals surface area contributed by atoms with Gasteiger partial charge in [0.1, 0.15) is 0 Å². The second-order valence-electron chi connectivity index (χ2n) is 2.60. The van der Waals surface area contributed by atoms with Gasteiger partial charge < -0.3 is 11.5 Å². The van der Waals surface area contributed by atoms with E-state index in [9.17, 15) is 4.79 Å². The number of halogens is 1. The van der Waals surface area contributed by atoms with Crippen molar-refractivity contribution in [2.75, 3.05) is 6.54 Å². The van der Waals surface area contributed by atoms with Gasteiger partial charge in [-0.25, -0.2) is 0 Å². The average Bonchev–Trinajstić information content (AvgIpc) is 2.06. The minimum Gasteiger partial charge on any atom is -0.366 e. The highest BCUT2D eigenvalue weighted by atomic mass is 35.5. The molecule has 4 heteroatoms. The van der Waals surface area contributed by atoms with Crippen LogP contribution in [0.3, 0.4) is 0 Å². The maximum absolute atomic E-state index is 10.7. The Bertz CT molecular complexity index is 271. The molecule has 13 heavy (non-hydrogen) atoms. The Labute approximate surface area is 83.5 Å². The number of rotatable bonds is 3. The monoisotopic (exact) mass is 200 g/mol. The van der Waals surface area contributed by atoms with E-state index in [0.717, 1.165) is 12.0 Å². The van der Waals surface area contributed by atoms with E-state index in [-0.39, 0.29) is 12.4 Å². The van der Waals surface area contributed by atoms with Crippen molar-refractivity contribution in [2.24, 2.45) is 11.5 Å². The first kappa shape index (κ1) is 11.9. The van der Waals surface area contributed by atoms with Crippen LogP contribution in [0, 0.1) is 0 Å². The van der Waals surface area contributed by atoms with Crippen LogP contribution in [-0.2, 0) is 6.42 Å². The van der Waals surface area contributed by atoms with Gasteiger partial charge in [-0.1, -0.05) is 12.1 Å². The first-order valence-electron chi connectivity index (χ1n) is 3.83. The van der Waals surface area contributed by atoms with Crippen molar-refractivity contribution in [3.63, 3.8) is 0 Å². The van der Waals surface area contributed by atoms with Crippen molar-refractivity contribution in [1.29, 1.82) is 0 Å². The Balaban J connectivity index is 0.00000144. The van der Waals surface area contributed by atoms with Crippen LogP contribution in [-0.4, -0.2) is 12.5 Å². The quantitative estimate of drug-likeness (QED) is 0.755. The average molecular weight is 201 g/mol. The molecule has 0 heterocycles. The van der Waals surface area contributed by atoms with Gasteiger partial charge in [0.2, 0.25) is 5.91 Å². The Kier molecular flexibility index (Phi) is 5.11.